The van der Waals surface area contributed by atoms with Gasteiger partial charge in [0.25, 0.3) is 0 Å². The molecule has 0 spiro atoms. The number of aryl methyl sites for hydroxylation is 1. The van der Waals surface area contributed by atoms with Gasteiger partial charge >= 0.3 is 29.6 Å². The van der Waals surface area contributed by atoms with Crippen LogP contribution in [0.25, 0.3) is 11.0 Å². The Kier molecular flexibility index (Phi) is 2.65. The molecule has 2 aromatic rings. The van der Waals surface area contributed by atoms with E-state index in [9.17, 15) is 0 Å². The second kappa shape index (κ2) is 3.34. The van der Waals surface area contributed by atoms with Gasteiger partial charge in [-0.3, -0.25) is 5.21 Å². The van der Waals surface area contributed by atoms with Crippen LogP contribution in [0.5, 0.6) is 0 Å². The van der Waals surface area contributed by atoms with Crippen molar-refractivity contribution >= 4 is 11.0 Å². The molecule has 4 heteroatoms. The summed E-state index contributed by atoms with van der Waals surface area (Å²) >= 11 is 0. The van der Waals surface area contributed by atoms with Gasteiger partial charge in [-0.25, -0.2) is 0 Å². The first-order chi connectivity index (χ1) is 4.86. The third kappa shape index (κ3) is 1.61. The van der Waals surface area contributed by atoms with Crippen LogP contribution in [0.3, 0.4) is 0 Å². The molecule has 0 aliphatic carbocycles. The molecule has 0 atom stereocenters. The van der Waals surface area contributed by atoms with Crippen LogP contribution in [0.2, 0.25) is 0 Å². The van der Waals surface area contributed by atoms with Crippen LogP contribution in [0, 0.1) is 6.92 Å². The van der Waals surface area contributed by atoms with Gasteiger partial charge < -0.3 is 10.2 Å². The number of rotatable bonds is 0. The molecule has 0 radical (unpaired) electrons. The first-order valence-electron chi connectivity index (χ1n) is 3.09. The number of hydrogen-bond acceptors (Lipinski definition) is 2. The first-order valence-corrected chi connectivity index (χ1v) is 3.09. The zero-order chi connectivity index (χ0) is 6.97. The minimum Gasteiger partial charge on any atom is -0.350 e. The second-order valence-electron chi connectivity index (χ2n) is 2.28. The minimum absolute atomic E-state index is 0. The summed E-state index contributed by atoms with van der Waals surface area (Å²) in [6.45, 7) is 2.02. The van der Waals surface area contributed by atoms with Crippen molar-refractivity contribution < 1.29 is 29.6 Å². The van der Waals surface area contributed by atoms with Crippen molar-refractivity contribution in [3.05, 3.63) is 23.8 Å². The summed E-state index contributed by atoms with van der Waals surface area (Å²) in [5, 5.41) is 11.2. The molecule has 0 aliphatic heterocycles. The van der Waals surface area contributed by atoms with Crippen molar-refractivity contribution in [1.29, 1.82) is 0 Å². The van der Waals surface area contributed by atoms with E-state index in [1.54, 1.807) is 0 Å². The Labute approximate surface area is 86.5 Å². The number of nitrogens with zero attached hydrogens (tertiary/aromatic N) is 3. The van der Waals surface area contributed by atoms with Crippen molar-refractivity contribution in [1.82, 2.24) is 15.4 Å². The molecule has 11 heavy (non-hydrogen) atoms. The van der Waals surface area contributed by atoms with Crippen LogP contribution in [0.15, 0.2) is 18.2 Å². The summed E-state index contributed by atoms with van der Waals surface area (Å²) in [6.07, 6.45) is 0. The van der Waals surface area contributed by atoms with Gasteiger partial charge in [-0.05, 0) is 18.0 Å². The van der Waals surface area contributed by atoms with Gasteiger partial charge in [0.1, 0.15) is 0 Å². The van der Waals surface area contributed by atoms with Gasteiger partial charge in [0.05, 0.1) is 0 Å². The Bertz CT molecular complexity index is 355. The van der Waals surface area contributed by atoms with Gasteiger partial charge in [0.2, 0.25) is 0 Å². The van der Waals surface area contributed by atoms with E-state index in [2.05, 4.69) is 15.4 Å². The predicted molar refractivity (Wildman–Crippen MR) is 37.6 cm³/mol. The molecular formula is C7H6N3Na. The van der Waals surface area contributed by atoms with Crippen LogP contribution in [0.1, 0.15) is 5.56 Å². The van der Waals surface area contributed by atoms with Crippen molar-refractivity contribution in [3.8, 4) is 0 Å². The molecule has 1 aromatic heterocycles. The Morgan fingerprint density at radius 3 is 3.00 bits per heavy atom. The van der Waals surface area contributed by atoms with Crippen LogP contribution in [-0.4, -0.2) is 10.3 Å². The number of fused-ring (bicyclic) bond motifs is 1. The zero-order valence-corrected chi connectivity index (χ0v) is 8.57. The van der Waals surface area contributed by atoms with Crippen LogP contribution >= 0.6 is 0 Å². The van der Waals surface area contributed by atoms with E-state index in [1.807, 2.05) is 25.1 Å². The largest absolute Gasteiger partial charge is 1.00 e. The van der Waals surface area contributed by atoms with E-state index in [1.165, 1.54) is 5.56 Å². The molecule has 3 nitrogen and oxygen atoms in total. The van der Waals surface area contributed by atoms with Crippen LogP contribution in [-0.2, 0) is 0 Å². The Morgan fingerprint density at radius 2 is 2.18 bits per heavy atom. The number of hydrogen-bond donors (Lipinski definition) is 0. The third-order valence-corrected chi connectivity index (χ3v) is 1.44. The van der Waals surface area contributed by atoms with Crippen molar-refractivity contribution in [2.45, 2.75) is 6.92 Å². The average molecular weight is 155 g/mol. The van der Waals surface area contributed by atoms with E-state index in [-0.39, 0.29) is 29.6 Å². The molecule has 0 aliphatic rings. The normalized spacial score (nSPS) is 9.55. The quantitative estimate of drug-likeness (QED) is 0.409. The zero-order valence-electron chi connectivity index (χ0n) is 6.57. The van der Waals surface area contributed by atoms with Crippen molar-refractivity contribution in [2.75, 3.05) is 0 Å². The fraction of sp³-hybridized carbons (Fsp3) is 0.143. The van der Waals surface area contributed by atoms with E-state index < -0.39 is 0 Å². The van der Waals surface area contributed by atoms with Gasteiger partial charge in [-0.15, -0.1) is 0 Å². The summed E-state index contributed by atoms with van der Waals surface area (Å²) < 4.78 is 0. The summed E-state index contributed by atoms with van der Waals surface area (Å²) in [6, 6.07) is 5.89. The van der Waals surface area contributed by atoms with Gasteiger partial charge in [-0.2, -0.15) is 0 Å². The maximum absolute atomic E-state index is 3.82. The van der Waals surface area contributed by atoms with Crippen LogP contribution in [0.4, 0.5) is 0 Å². The monoisotopic (exact) mass is 155 g/mol. The van der Waals surface area contributed by atoms with Crippen molar-refractivity contribution in [3.63, 3.8) is 0 Å². The summed E-state index contributed by atoms with van der Waals surface area (Å²) in [4.78, 5) is 0. The number of aromatic nitrogens is 3. The Hall–Kier alpha value is -0.380. The smallest absolute Gasteiger partial charge is 0.350 e. The third-order valence-electron chi connectivity index (χ3n) is 1.44. The molecule has 0 saturated heterocycles. The molecule has 0 bridgehead atoms. The molecule has 0 amide bonds. The summed E-state index contributed by atoms with van der Waals surface area (Å²) in [5.41, 5.74) is 2.93. The predicted octanol–water partition coefficient (Wildman–Crippen LogP) is -2.10. The molecule has 0 fully saturated rings. The Morgan fingerprint density at radius 1 is 1.36 bits per heavy atom. The maximum atomic E-state index is 3.82. The second-order valence-corrected chi connectivity index (χ2v) is 2.28. The standard InChI is InChI=1S/C7H6N3.Na/c1-5-2-3-6-7(4-5)9-10-8-6;/h2-4H,1H3;/q-1;+1. The Balaban J connectivity index is 0.000000605. The first kappa shape index (κ1) is 8.71. The van der Waals surface area contributed by atoms with E-state index in [0.29, 0.717) is 0 Å². The maximum Gasteiger partial charge on any atom is 1.00 e. The minimum atomic E-state index is 0. The molecule has 1 heterocycles. The molecule has 0 unspecified atom stereocenters. The SMILES string of the molecule is Cc1ccc2[n-]nnc2c1.[Na+]. The van der Waals surface area contributed by atoms with E-state index >= 15 is 0 Å². The summed E-state index contributed by atoms with van der Waals surface area (Å²) in [5.74, 6) is 0. The molecular weight excluding hydrogens is 149 g/mol. The molecule has 50 valence electrons. The fourth-order valence-corrected chi connectivity index (χ4v) is 0.917. The molecule has 0 N–H and O–H groups in total. The topological polar surface area (TPSA) is 39.9 Å². The van der Waals surface area contributed by atoms with Gasteiger partial charge in [0, 0.05) is 0 Å². The summed E-state index contributed by atoms with van der Waals surface area (Å²) in [7, 11) is 0. The van der Waals surface area contributed by atoms with Gasteiger partial charge in [-0.1, -0.05) is 23.8 Å². The van der Waals surface area contributed by atoms with Crippen molar-refractivity contribution in [2.24, 2.45) is 0 Å². The van der Waals surface area contributed by atoms with E-state index in [0.717, 1.165) is 11.0 Å². The fourth-order valence-electron chi connectivity index (χ4n) is 0.917. The molecule has 0 saturated carbocycles. The van der Waals surface area contributed by atoms with E-state index in [4.69, 9.17) is 0 Å². The number of benzene rings is 1. The molecule has 2 rings (SSSR count). The molecule has 1 aromatic carbocycles. The van der Waals surface area contributed by atoms with Gasteiger partial charge in [0.15, 0.2) is 0 Å². The van der Waals surface area contributed by atoms with Crippen LogP contribution < -0.4 is 34.7 Å². The average Bonchev–Trinajstić information content (AvgIpc) is 2.33.